The van der Waals surface area contributed by atoms with Crippen LogP contribution >= 0.6 is 23.2 Å². The van der Waals surface area contributed by atoms with Crippen LogP contribution in [0.3, 0.4) is 0 Å². The molecule has 2 aliphatic rings. The van der Waals surface area contributed by atoms with Gasteiger partial charge in [0.2, 0.25) is 11.9 Å². The molecule has 0 unspecified atom stereocenters. The Morgan fingerprint density at radius 1 is 0.490 bits per heavy atom. The van der Waals surface area contributed by atoms with E-state index in [-0.39, 0.29) is 10.3 Å². The number of unbranched alkanes of at least 4 members (excludes halogenated alkanes) is 1. The SMILES string of the molecule is CCCC1CCC(CCc2ccc(-c3ccc(Cl)nc3F)cc2)CC1.CCCCC1CCC(CCc2ccc(-c3ccc(Cl)nc3F)cc2)CC1. The van der Waals surface area contributed by atoms with Gasteiger partial charge in [0.1, 0.15) is 10.3 Å². The minimum atomic E-state index is -0.510. The minimum Gasteiger partial charge on any atom is -0.207 e. The number of aromatic nitrogens is 2. The fourth-order valence-electron chi connectivity index (χ4n) is 8.22. The predicted molar refractivity (Wildman–Crippen MR) is 211 cm³/mol. The maximum Gasteiger partial charge on any atom is 0.222 e. The van der Waals surface area contributed by atoms with Crippen LogP contribution < -0.4 is 0 Å². The largest absolute Gasteiger partial charge is 0.222 e. The Morgan fingerprint density at radius 3 is 1.22 bits per heavy atom. The number of nitrogens with zero attached hydrogens (tertiary/aromatic N) is 2. The van der Waals surface area contributed by atoms with Crippen molar-refractivity contribution < 1.29 is 8.78 Å². The zero-order valence-electron chi connectivity index (χ0n) is 30.7. The standard InChI is InChI=1S/C23H29ClFN.C22H27ClFN/c1-2-3-4-17-5-7-18(8-6-17)9-10-19-11-13-20(14-12-19)21-15-16-22(24)26-23(21)25;1-2-3-16-4-6-17(7-5-16)8-9-18-10-12-19(13-11-18)20-14-15-21(23)25-22(20)24/h11-18H,2-10H2,1H3;10-17H,2-9H2,1H3. The second kappa shape index (κ2) is 20.4. The lowest BCUT2D eigenvalue weighted by Gasteiger charge is -2.28. The Kier molecular flexibility index (Phi) is 15.8. The third-order valence-corrected chi connectivity index (χ3v) is 11.9. The van der Waals surface area contributed by atoms with Crippen LogP contribution in [0.4, 0.5) is 8.78 Å². The van der Waals surface area contributed by atoms with Crippen molar-refractivity contribution in [3.63, 3.8) is 0 Å². The van der Waals surface area contributed by atoms with E-state index in [2.05, 4.69) is 48.1 Å². The average Bonchev–Trinajstić information content (AvgIpc) is 3.14. The highest BCUT2D eigenvalue weighted by molar-refractivity contribution is 6.29. The molecule has 2 heterocycles. The van der Waals surface area contributed by atoms with Crippen LogP contribution in [0.5, 0.6) is 0 Å². The van der Waals surface area contributed by atoms with Crippen molar-refractivity contribution in [2.45, 2.75) is 123 Å². The van der Waals surface area contributed by atoms with Crippen LogP contribution in [-0.2, 0) is 12.8 Å². The Balaban J connectivity index is 0.000000198. The number of hydrogen-bond acceptors (Lipinski definition) is 2. The minimum absolute atomic E-state index is 0.187. The summed E-state index contributed by atoms with van der Waals surface area (Å²) in [4.78, 5) is 7.38. The van der Waals surface area contributed by atoms with Crippen molar-refractivity contribution in [2.75, 3.05) is 0 Å². The number of pyridine rings is 2. The molecule has 0 bridgehead atoms. The Bertz CT molecular complexity index is 1610. The van der Waals surface area contributed by atoms with E-state index in [1.165, 1.54) is 107 Å². The van der Waals surface area contributed by atoms with E-state index >= 15 is 0 Å². The van der Waals surface area contributed by atoms with Crippen molar-refractivity contribution in [3.8, 4) is 22.3 Å². The van der Waals surface area contributed by atoms with E-state index in [1.807, 2.05) is 24.3 Å². The van der Waals surface area contributed by atoms with Gasteiger partial charge in [-0.3, -0.25) is 0 Å². The molecular weight excluding hydrogens is 677 g/mol. The lowest BCUT2D eigenvalue weighted by atomic mass is 9.78. The molecule has 51 heavy (non-hydrogen) atoms. The molecule has 0 aliphatic heterocycles. The van der Waals surface area contributed by atoms with E-state index in [0.29, 0.717) is 11.1 Å². The highest BCUT2D eigenvalue weighted by atomic mass is 35.5. The first-order valence-electron chi connectivity index (χ1n) is 19.6. The molecule has 0 spiro atoms. The van der Waals surface area contributed by atoms with Gasteiger partial charge in [0.05, 0.1) is 0 Å². The summed E-state index contributed by atoms with van der Waals surface area (Å²) in [6, 6.07) is 23.1. The van der Waals surface area contributed by atoms with Crippen LogP contribution in [0.2, 0.25) is 10.3 Å². The molecule has 2 saturated carbocycles. The molecule has 0 N–H and O–H groups in total. The van der Waals surface area contributed by atoms with Gasteiger partial charge in [-0.2, -0.15) is 8.78 Å². The van der Waals surface area contributed by atoms with Gasteiger partial charge in [-0.15, -0.1) is 0 Å². The van der Waals surface area contributed by atoms with E-state index < -0.39 is 11.9 Å². The van der Waals surface area contributed by atoms with E-state index in [4.69, 9.17) is 23.2 Å². The molecule has 274 valence electrons. The number of hydrogen-bond donors (Lipinski definition) is 0. The molecule has 0 radical (unpaired) electrons. The van der Waals surface area contributed by atoms with Gasteiger partial charge in [0.25, 0.3) is 0 Å². The quantitative estimate of drug-likeness (QED) is 0.128. The molecule has 2 fully saturated rings. The maximum absolute atomic E-state index is 13.9. The van der Waals surface area contributed by atoms with Crippen molar-refractivity contribution in [3.05, 3.63) is 106 Å². The summed E-state index contributed by atoms with van der Waals surface area (Å²) in [5.74, 6) is 2.70. The topological polar surface area (TPSA) is 25.8 Å². The van der Waals surface area contributed by atoms with E-state index in [9.17, 15) is 8.78 Å². The normalized spacial score (nSPS) is 20.4. The fraction of sp³-hybridized carbons (Fsp3) is 0.511. The summed E-state index contributed by atoms with van der Waals surface area (Å²) >= 11 is 11.4. The Morgan fingerprint density at radius 2 is 0.863 bits per heavy atom. The molecule has 4 aromatic rings. The van der Waals surface area contributed by atoms with Crippen molar-refractivity contribution in [2.24, 2.45) is 23.7 Å². The van der Waals surface area contributed by atoms with Gasteiger partial charge in [-0.25, -0.2) is 9.97 Å². The van der Waals surface area contributed by atoms with Gasteiger partial charge < -0.3 is 0 Å². The third-order valence-electron chi connectivity index (χ3n) is 11.4. The number of aryl methyl sites for hydroxylation is 2. The molecule has 2 nitrogen and oxygen atoms in total. The Hall–Kier alpha value is -2.82. The lowest BCUT2D eigenvalue weighted by molar-refractivity contribution is 0.250. The van der Waals surface area contributed by atoms with Gasteiger partial charge >= 0.3 is 0 Å². The monoisotopic (exact) mass is 732 g/mol. The van der Waals surface area contributed by atoms with Gasteiger partial charge in [-0.1, -0.05) is 169 Å². The van der Waals surface area contributed by atoms with E-state index in [1.54, 1.807) is 24.3 Å². The number of benzene rings is 2. The first-order valence-corrected chi connectivity index (χ1v) is 20.4. The summed E-state index contributed by atoms with van der Waals surface area (Å²) < 4.78 is 27.9. The molecule has 6 rings (SSSR count). The highest BCUT2D eigenvalue weighted by Crippen LogP contribution is 2.35. The maximum atomic E-state index is 13.9. The molecular formula is C45H56Cl2F2N2. The molecule has 2 aromatic heterocycles. The van der Waals surface area contributed by atoms with Crippen LogP contribution in [0.1, 0.15) is 121 Å². The smallest absolute Gasteiger partial charge is 0.207 e. The lowest BCUT2D eigenvalue weighted by Crippen LogP contribution is -2.15. The third kappa shape index (κ3) is 12.4. The summed E-state index contributed by atoms with van der Waals surface area (Å²) in [6.07, 6.45) is 22.9. The first kappa shape index (κ1) is 39.4. The molecule has 0 amide bonds. The first-order chi connectivity index (χ1) is 24.8. The fourth-order valence-corrected chi connectivity index (χ4v) is 8.49. The van der Waals surface area contributed by atoms with Crippen LogP contribution in [0, 0.1) is 35.6 Å². The molecule has 6 heteroatoms. The number of halogens is 4. The average molecular weight is 734 g/mol. The predicted octanol–water partition coefficient (Wildman–Crippen LogP) is 14.6. The van der Waals surface area contributed by atoms with Crippen LogP contribution in [-0.4, -0.2) is 9.97 Å². The van der Waals surface area contributed by atoms with E-state index in [0.717, 1.165) is 47.6 Å². The summed E-state index contributed by atoms with van der Waals surface area (Å²) in [5.41, 5.74) is 5.39. The van der Waals surface area contributed by atoms with Gasteiger partial charge in [-0.05, 0) is 95.9 Å². The number of rotatable bonds is 13. The zero-order valence-corrected chi connectivity index (χ0v) is 32.2. The second-order valence-electron chi connectivity index (χ2n) is 15.1. The molecule has 0 saturated heterocycles. The summed E-state index contributed by atoms with van der Waals surface area (Å²) in [5, 5.41) is 0.374. The highest BCUT2D eigenvalue weighted by Gasteiger charge is 2.21. The van der Waals surface area contributed by atoms with Crippen molar-refractivity contribution in [1.82, 2.24) is 9.97 Å². The molecule has 0 atom stereocenters. The molecule has 2 aromatic carbocycles. The Labute approximate surface area is 315 Å². The summed E-state index contributed by atoms with van der Waals surface area (Å²) in [6.45, 7) is 4.58. The van der Waals surface area contributed by atoms with Crippen molar-refractivity contribution in [1.29, 1.82) is 0 Å². The summed E-state index contributed by atoms with van der Waals surface area (Å²) in [7, 11) is 0. The van der Waals surface area contributed by atoms with Crippen molar-refractivity contribution >= 4 is 23.2 Å². The van der Waals surface area contributed by atoms with Crippen LogP contribution in [0.25, 0.3) is 22.3 Å². The van der Waals surface area contributed by atoms with Crippen LogP contribution in [0.15, 0.2) is 72.8 Å². The van der Waals surface area contributed by atoms with Gasteiger partial charge in [0, 0.05) is 11.1 Å². The molecule has 2 aliphatic carbocycles. The van der Waals surface area contributed by atoms with Gasteiger partial charge in [0.15, 0.2) is 0 Å². The zero-order chi connectivity index (χ0) is 36.0. The second-order valence-corrected chi connectivity index (χ2v) is 15.9.